The highest BCUT2D eigenvalue weighted by Crippen LogP contribution is 2.38. The van der Waals surface area contributed by atoms with Crippen LogP contribution in [0.25, 0.3) is 11.1 Å². The Labute approximate surface area is 145 Å². The van der Waals surface area contributed by atoms with Crippen LogP contribution in [-0.2, 0) is 6.18 Å². The van der Waals surface area contributed by atoms with Crippen molar-refractivity contribution in [3.05, 3.63) is 48.3 Å². The predicted molar refractivity (Wildman–Crippen MR) is 91.5 cm³/mol. The van der Waals surface area contributed by atoms with E-state index in [4.69, 9.17) is 0 Å². The molecule has 1 aromatic carbocycles. The first-order valence-corrected chi connectivity index (χ1v) is 8.63. The van der Waals surface area contributed by atoms with Crippen LogP contribution in [0.2, 0.25) is 0 Å². The maximum Gasteiger partial charge on any atom is 0.417 e. The average Bonchev–Trinajstić information content (AvgIpc) is 2.61. The highest BCUT2D eigenvalue weighted by molar-refractivity contribution is 5.71. The summed E-state index contributed by atoms with van der Waals surface area (Å²) in [6.07, 6.45) is 1.21. The minimum absolute atomic E-state index is 0.187. The van der Waals surface area contributed by atoms with Gasteiger partial charge in [-0.25, -0.2) is 0 Å². The van der Waals surface area contributed by atoms with Crippen LogP contribution in [0.5, 0.6) is 0 Å². The number of piperidine rings is 1. The van der Waals surface area contributed by atoms with Crippen molar-refractivity contribution in [2.45, 2.75) is 25.1 Å². The largest absolute Gasteiger partial charge is 0.417 e. The summed E-state index contributed by atoms with van der Waals surface area (Å²) in [5, 5.41) is 0. The first-order chi connectivity index (χ1) is 12.0. The van der Waals surface area contributed by atoms with Gasteiger partial charge in [0.2, 0.25) is 0 Å². The summed E-state index contributed by atoms with van der Waals surface area (Å²) >= 11 is 0. The molecule has 3 nitrogen and oxygen atoms in total. The Kier molecular flexibility index (Phi) is 4.15. The van der Waals surface area contributed by atoms with Gasteiger partial charge in [0, 0.05) is 37.4 Å². The Morgan fingerprint density at radius 2 is 1.88 bits per heavy atom. The van der Waals surface area contributed by atoms with Crippen molar-refractivity contribution in [2.24, 2.45) is 0 Å². The molecule has 0 radical (unpaired) electrons. The third-order valence-electron chi connectivity index (χ3n) is 5.18. The lowest BCUT2D eigenvalue weighted by atomic mass is 9.98. The molecule has 25 heavy (non-hydrogen) atoms. The topological polar surface area (TPSA) is 19.4 Å². The number of fused-ring (bicyclic) bond motifs is 2. The standard InChI is InChI=1S/C19H20F3N3/c20-19(21,22)18-6-2-1-5-17(18)14-10-16(12-23-11-14)25-9-8-24-7-3-4-15(25)13-24/h1-2,5-6,10-12,15H,3-4,7-9,13H2. The molecule has 2 saturated heterocycles. The van der Waals surface area contributed by atoms with Crippen LogP contribution < -0.4 is 4.90 Å². The first kappa shape index (κ1) is 16.4. The van der Waals surface area contributed by atoms with Gasteiger partial charge in [-0.1, -0.05) is 18.2 Å². The van der Waals surface area contributed by atoms with Crippen molar-refractivity contribution in [3.8, 4) is 11.1 Å². The van der Waals surface area contributed by atoms with Crippen molar-refractivity contribution < 1.29 is 13.2 Å². The molecular formula is C19H20F3N3. The molecule has 0 saturated carbocycles. The molecule has 2 aliphatic heterocycles. The molecule has 2 unspecified atom stereocenters. The number of benzene rings is 1. The molecule has 2 aliphatic rings. The van der Waals surface area contributed by atoms with Crippen molar-refractivity contribution in [1.29, 1.82) is 0 Å². The maximum atomic E-state index is 13.3. The van der Waals surface area contributed by atoms with Gasteiger partial charge in [0.15, 0.2) is 0 Å². The van der Waals surface area contributed by atoms with E-state index in [2.05, 4.69) is 14.8 Å². The quantitative estimate of drug-likeness (QED) is 0.817. The van der Waals surface area contributed by atoms with E-state index in [0.29, 0.717) is 11.6 Å². The van der Waals surface area contributed by atoms with E-state index in [1.807, 2.05) is 6.07 Å². The maximum absolute atomic E-state index is 13.3. The summed E-state index contributed by atoms with van der Waals surface area (Å²) < 4.78 is 40.0. The number of nitrogens with zero attached hydrogens (tertiary/aromatic N) is 3. The Hall–Kier alpha value is -2.08. The number of rotatable bonds is 2. The van der Waals surface area contributed by atoms with Crippen LogP contribution in [0.4, 0.5) is 18.9 Å². The molecule has 0 amide bonds. The van der Waals surface area contributed by atoms with Gasteiger partial charge in [0.1, 0.15) is 0 Å². The van der Waals surface area contributed by atoms with Gasteiger partial charge in [0.25, 0.3) is 0 Å². The van der Waals surface area contributed by atoms with Crippen molar-refractivity contribution in [3.63, 3.8) is 0 Å². The molecule has 0 aliphatic carbocycles. The second-order valence-electron chi connectivity index (χ2n) is 6.77. The normalized spacial score (nSPS) is 23.6. The molecule has 132 valence electrons. The number of aromatic nitrogens is 1. The SMILES string of the molecule is FC(F)(F)c1ccccc1-c1cncc(N2CCN3CCCC2C3)c1. The zero-order valence-electron chi connectivity index (χ0n) is 13.8. The predicted octanol–water partition coefficient (Wildman–Crippen LogP) is 4.05. The van der Waals surface area contributed by atoms with Gasteiger partial charge in [-0.2, -0.15) is 13.2 Å². The summed E-state index contributed by atoms with van der Waals surface area (Å²) in [6, 6.07) is 7.98. The summed E-state index contributed by atoms with van der Waals surface area (Å²) in [5.41, 5.74) is 1.01. The van der Waals surface area contributed by atoms with Crippen LogP contribution >= 0.6 is 0 Å². The van der Waals surface area contributed by atoms with Crippen molar-refractivity contribution in [2.75, 3.05) is 31.1 Å². The Bertz CT molecular complexity index is 760. The minimum Gasteiger partial charge on any atom is -0.365 e. The lowest BCUT2D eigenvalue weighted by Gasteiger charge is -2.46. The number of halogens is 3. The van der Waals surface area contributed by atoms with Gasteiger partial charge in [-0.3, -0.25) is 9.88 Å². The summed E-state index contributed by atoms with van der Waals surface area (Å²) in [5.74, 6) is 0. The van der Waals surface area contributed by atoms with Crippen LogP contribution in [-0.4, -0.2) is 42.1 Å². The third-order valence-corrected chi connectivity index (χ3v) is 5.18. The fraction of sp³-hybridized carbons (Fsp3) is 0.421. The van der Waals surface area contributed by atoms with Gasteiger partial charge in [-0.15, -0.1) is 0 Å². The molecule has 2 aromatic rings. The molecule has 2 fully saturated rings. The van der Waals surface area contributed by atoms with Gasteiger partial charge >= 0.3 is 6.18 Å². The van der Waals surface area contributed by atoms with Gasteiger partial charge < -0.3 is 4.90 Å². The fourth-order valence-corrected chi connectivity index (χ4v) is 3.97. The van der Waals surface area contributed by atoms with E-state index in [1.165, 1.54) is 24.8 Å². The van der Waals surface area contributed by atoms with E-state index < -0.39 is 11.7 Å². The molecule has 0 spiro atoms. The molecule has 6 heteroatoms. The lowest BCUT2D eigenvalue weighted by Crippen LogP contribution is -2.56. The Morgan fingerprint density at radius 3 is 2.72 bits per heavy atom. The smallest absolute Gasteiger partial charge is 0.365 e. The highest BCUT2D eigenvalue weighted by Gasteiger charge is 2.34. The zero-order valence-corrected chi connectivity index (χ0v) is 13.8. The van der Waals surface area contributed by atoms with E-state index in [1.54, 1.807) is 12.3 Å². The minimum atomic E-state index is -4.37. The second-order valence-corrected chi connectivity index (χ2v) is 6.77. The molecule has 3 heterocycles. The van der Waals surface area contributed by atoms with E-state index in [-0.39, 0.29) is 5.56 Å². The zero-order chi connectivity index (χ0) is 17.4. The van der Waals surface area contributed by atoms with E-state index in [0.717, 1.165) is 44.4 Å². The van der Waals surface area contributed by atoms with E-state index >= 15 is 0 Å². The number of anilines is 1. The number of hydrogen-bond donors (Lipinski definition) is 0. The van der Waals surface area contributed by atoms with Gasteiger partial charge in [0.05, 0.1) is 17.4 Å². The van der Waals surface area contributed by atoms with Gasteiger partial charge in [-0.05, 0) is 37.1 Å². The van der Waals surface area contributed by atoms with Crippen LogP contribution in [0, 0.1) is 0 Å². The number of pyridine rings is 1. The third kappa shape index (κ3) is 3.23. The molecular weight excluding hydrogens is 327 g/mol. The highest BCUT2D eigenvalue weighted by atomic mass is 19.4. The number of hydrogen-bond acceptors (Lipinski definition) is 3. The number of piperazine rings is 1. The first-order valence-electron chi connectivity index (χ1n) is 8.63. The van der Waals surface area contributed by atoms with Crippen molar-refractivity contribution >= 4 is 5.69 Å². The fourth-order valence-electron chi connectivity index (χ4n) is 3.97. The lowest BCUT2D eigenvalue weighted by molar-refractivity contribution is -0.137. The molecule has 1 aromatic heterocycles. The number of alkyl halides is 3. The monoisotopic (exact) mass is 347 g/mol. The van der Waals surface area contributed by atoms with Crippen molar-refractivity contribution in [1.82, 2.24) is 9.88 Å². The van der Waals surface area contributed by atoms with Crippen LogP contribution in [0.3, 0.4) is 0 Å². The summed E-state index contributed by atoms with van der Waals surface area (Å²) in [4.78, 5) is 9.01. The second kappa shape index (κ2) is 6.33. The van der Waals surface area contributed by atoms with Crippen LogP contribution in [0.15, 0.2) is 42.7 Å². The average molecular weight is 347 g/mol. The molecule has 4 rings (SSSR count). The molecule has 2 atom stereocenters. The Balaban J connectivity index is 1.69. The van der Waals surface area contributed by atoms with E-state index in [9.17, 15) is 13.2 Å². The van der Waals surface area contributed by atoms with Crippen LogP contribution in [0.1, 0.15) is 18.4 Å². The molecule has 0 N–H and O–H groups in total. The summed E-state index contributed by atoms with van der Waals surface area (Å²) in [7, 11) is 0. The summed E-state index contributed by atoms with van der Waals surface area (Å²) in [6.45, 7) is 4.08. The molecule has 2 bridgehead atoms. The Morgan fingerprint density at radius 1 is 1.04 bits per heavy atom.